The van der Waals surface area contributed by atoms with Crippen molar-refractivity contribution in [1.29, 1.82) is 5.41 Å². The first-order chi connectivity index (χ1) is 16.5. The van der Waals surface area contributed by atoms with Crippen LogP contribution in [0.3, 0.4) is 0 Å². The van der Waals surface area contributed by atoms with E-state index in [9.17, 15) is 4.79 Å². The lowest BCUT2D eigenvalue weighted by atomic mass is 9.87. The molecule has 1 aromatic carbocycles. The second kappa shape index (κ2) is 9.21. The van der Waals surface area contributed by atoms with Crippen LogP contribution in [0.2, 0.25) is 0 Å². The molecule has 0 aliphatic heterocycles. The molecule has 34 heavy (non-hydrogen) atoms. The second-order valence-electron chi connectivity index (χ2n) is 9.19. The molecule has 1 unspecified atom stereocenters. The number of nitrogens with zero attached hydrogens (tertiary/aromatic N) is 3. The number of aromatic nitrogens is 2. The second-order valence-corrected chi connectivity index (χ2v) is 10.3. The van der Waals surface area contributed by atoms with Gasteiger partial charge in [0.05, 0.1) is 17.7 Å². The first-order valence-electron chi connectivity index (χ1n) is 11.8. The van der Waals surface area contributed by atoms with Gasteiger partial charge >= 0.3 is 0 Å². The largest absolute Gasteiger partial charge is 0.492 e. The molecule has 2 aliphatic carbocycles. The summed E-state index contributed by atoms with van der Waals surface area (Å²) in [7, 11) is 1.94. The lowest BCUT2D eigenvalue weighted by Gasteiger charge is -2.26. The molecule has 2 aromatic heterocycles. The van der Waals surface area contributed by atoms with Gasteiger partial charge in [0.25, 0.3) is 0 Å². The van der Waals surface area contributed by atoms with Crippen LogP contribution in [0.15, 0.2) is 18.5 Å². The SMILES string of the molecule is CCOc1cc(N)c(C=N)cc1Nc1ncnc2sc3c(c12)CCC(C(=O)N(C)CC1CC1)C3. The number of thiophene rings is 1. The monoisotopic (exact) mass is 478 g/mol. The molecule has 1 amide bonds. The fourth-order valence-electron chi connectivity index (χ4n) is 4.74. The van der Waals surface area contributed by atoms with Crippen molar-refractivity contribution in [3.8, 4) is 5.75 Å². The molecular formula is C25H30N6O2S. The Hall–Kier alpha value is -3.20. The van der Waals surface area contributed by atoms with Crippen molar-refractivity contribution >= 4 is 50.9 Å². The minimum Gasteiger partial charge on any atom is -0.492 e. The lowest BCUT2D eigenvalue weighted by Crippen LogP contribution is -2.36. The average Bonchev–Trinajstić information content (AvgIpc) is 3.56. The van der Waals surface area contributed by atoms with E-state index in [4.69, 9.17) is 15.9 Å². The summed E-state index contributed by atoms with van der Waals surface area (Å²) in [6.45, 7) is 3.30. The Labute approximate surface area is 203 Å². The van der Waals surface area contributed by atoms with Gasteiger partial charge in [-0.2, -0.15) is 0 Å². The number of anilines is 3. The van der Waals surface area contributed by atoms with E-state index in [0.29, 0.717) is 41.0 Å². The van der Waals surface area contributed by atoms with E-state index in [0.717, 1.165) is 36.0 Å². The number of hydrogen-bond acceptors (Lipinski definition) is 8. The smallest absolute Gasteiger partial charge is 0.225 e. The Morgan fingerprint density at radius 2 is 2.18 bits per heavy atom. The van der Waals surface area contributed by atoms with Gasteiger partial charge in [-0.25, -0.2) is 9.97 Å². The summed E-state index contributed by atoms with van der Waals surface area (Å²) in [6, 6.07) is 3.55. The third-order valence-corrected chi connectivity index (χ3v) is 7.86. The normalized spacial score (nSPS) is 17.3. The van der Waals surface area contributed by atoms with Crippen molar-refractivity contribution in [1.82, 2.24) is 14.9 Å². The van der Waals surface area contributed by atoms with Gasteiger partial charge in [-0.05, 0) is 56.6 Å². The summed E-state index contributed by atoms with van der Waals surface area (Å²) < 4.78 is 5.79. The van der Waals surface area contributed by atoms with E-state index in [2.05, 4.69) is 15.3 Å². The molecule has 5 rings (SSSR count). The predicted molar refractivity (Wildman–Crippen MR) is 136 cm³/mol. The third-order valence-electron chi connectivity index (χ3n) is 6.69. The number of nitrogens with two attached hydrogens (primary N) is 1. The fraction of sp³-hybridized carbons (Fsp3) is 0.440. The van der Waals surface area contributed by atoms with Crippen molar-refractivity contribution in [2.45, 2.75) is 39.0 Å². The molecule has 3 aromatic rings. The average molecular weight is 479 g/mol. The number of nitrogen functional groups attached to an aromatic ring is 1. The molecule has 0 saturated heterocycles. The Morgan fingerprint density at radius 3 is 2.91 bits per heavy atom. The number of benzene rings is 1. The molecule has 2 heterocycles. The molecule has 9 heteroatoms. The zero-order valence-electron chi connectivity index (χ0n) is 19.6. The maximum Gasteiger partial charge on any atom is 0.225 e. The highest BCUT2D eigenvalue weighted by atomic mass is 32.1. The molecule has 1 fully saturated rings. The molecule has 0 bridgehead atoms. The highest BCUT2D eigenvalue weighted by molar-refractivity contribution is 7.19. The number of fused-ring (bicyclic) bond motifs is 3. The molecule has 4 N–H and O–H groups in total. The highest BCUT2D eigenvalue weighted by Crippen LogP contribution is 2.42. The lowest BCUT2D eigenvalue weighted by molar-refractivity contribution is -0.134. The topological polar surface area (TPSA) is 117 Å². The minimum atomic E-state index is 0.0329. The van der Waals surface area contributed by atoms with Gasteiger partial charge in [0.1, 0.15) is 22.7 Å². The van der Waals surface area contributed by atoms with Crippen molar-refractivity contribution in [3.05, 3.63) is 34.5 Å². The summed E-state index contributed by atoms with van der Waals surface area (Å²) in [5.41, 5.74) is 9.11. The quantitative estimate of drug-likeness (QED) is 0.327. The minimum absolute atomic E-state index is 0.0329. The number of aryl methyl sites for hydroxylation is 1. The standard InChI is InChI=1S/C25H30N6O2S/c1-3-33-20-10-18(27)16(11-26)8-19(20)30-23-22-17-7-6-15(25(32)31(2)12-14-4-5-14)9-21(17)34-24(22)29-13-28-23/h8,10-11,13-15,26H,3-7,9,12,27H2,1-2H3,(H,28,29,30). The zero-order chi connectivity index (χ0) is 23.8. The van der Waals surface area contributed by atoms with Crippen LogP contribution in [0.4, 0.5) is 17.2 Å². The van der Waals surface area contributed by atoms with Gasteiger partial charge in [0, 0.05) is 47.9 Å². The van der Waals surface area contributed by atoms with Crippen LogP contribution in [0, 0.1) is 17.2 Å². The first-order valence-corrected chi connectivity index (χ1v) is 12.6. The summed E-state index contributed by atoms with van der Waals surface area (Å²) >= 11 is 1.66. The van der Waals surface area contributed by atoms with Crippen LogP contribution in [-0.4, -0.2) is 47.2 Å². The zero-order valence-corrected chi connectivity index (χ0v) is 20.4. The maximum absolute atomic E-state index is 13.0. The number of amides is 1. The number of ether oxygens (including phenoxy) is 1. The van der Waals surface area contributed by atoms with Crippen LogP contribution in [0.25, 0.3) is 10.2 Å². The van der Waals surface area contributed by atoms with Crippen molar-refractivity contribution in [2.24, 2.45) is 11.8 Å². The third kappa shape index (κ3) is 4.32. The number of carbonyl (C=O) groups is 1. The summed E-state index contributed by atoms with van der Waals surface area (Å²) in [4.78, 5) is 26.2. The van der Waals surface area contributed by atoms with Gasteiger partial charge in [0.15, 0.2) is 0 Å². The van der Waals surface area contributed by atoms with E-state index in [1.54, 1.807) is 23.7 Å². The van der Waals surface area contributed by atoms with Crippen LogP contribution in [0.1, 0.15) is 42.2 Å². The van der Waals surface area contributed by atoms with Gasteiger partial charge in [-0.15, -0.1) is 11.3 Å². The van der Waals surface area contributed by atoms with Crippen LogP contribution in [0.5, 0.6) is 5.75 Å². The predicted octanol–water partition coefficient (Wildman–Crippen LogP) is 4.39. The Bertz CT molecular complexity index is 1250. The van der Waals surface area contributed by atoms with Crippen LogP contribution >= 0.6 is 11.3 Å². The van der Waals surface area contributed by atoms with E-state index in [1.807, 2.05) is 24.9 Å². The molecule has 8 nitrogen and oxygen atoms in total. The molecule has 2 aliphatic rings. The molecule has 1 atom stereocenters. The summed E-state index contributed by atoms with van der Waals surface area (Å²) in [5.74, 6) is 2.32. The van der Waals surface area contributed by atoms with E-state index < -0.39 is 0 Å². The van der Waals surface area contributed by atoms with Gasteiger partial charge < -0.3 is 26.1 Å². The first kappa shape index (κ1) is 22.6. The van der Waals surface area contributed by atoms with Gasteiger partial charge in [-0.1, -0.05) is 0 Å². The molecule has 0 spiro atoms. The van der Waals surface area contributed by atoms with Crippen molar-refractivity contribution in [2.75, 3.05) is 31.2 Å². The maximum atomic E-state index is 13.0. The van der Waals surface area contributed by atoms with E-state index in [-0.39, 0.29) is 11.8 Å². The molecule has 178 valence electrons. The van der Waals surface area contributed by atoms with Crippen LogP contribution in [-0.2, 0) is 17.6 Å². The van der Waals surface area contributed by atoms with Crippen LogP contribution < -0.4 is 15.8 Å². The molecule has 0 radical (unpaired) electrons. The summed E-state index contributed by atoms with van der Waals surface area (Å²) in [6.07, 6.45) is 7.72. The number of carbonyl (C=O) groups excluding carboxylic acids is 1. The van der Waals surface area contributed by atoms with Gasteiger partial charge in [-0.3, -0.25) is 4.79 Å². The molecular weight excluding hydrogens is 448 g/mol. The Balaban J connectivity index is 1.45. The number of rotatable bonds is 8. The van der Waals surface area contributed by atoms with Gasteiger partial charge in [0.2, 0.25) is 5.91 Å². The van der Waals surface area contributed by atoms with E-state index in [1.165, 1.54) is 29.5 Å². The fourth-order valence-corrected chi connectivity index (χ4v) is 6.01. The Morgan fingerprint density at radius 1 is 1.35 bits per heavy atom. The van der Waals surface area contributed by atoms with Crippen molar-refractivity contribution < 1.29 is 9.53 Å². The van der Waals surface area contributed by atoms with E-state index >= 15 is 0 Å². The number of nitrogens with one attached hydrogen (secondary N) is 2. The summed E-state index contributed by atoms with van der Waals surface area (Å²) in [5, 5.41) is 12.1. The number of hydrogen-bond donors (Lipinski definition) is 3. The highest BCUT2D eigenvalue weighted by Gasteiger charge is 2.32. The van der Waals surface area contributed by atoms with Crippen molar-refractivity contribution in [3.63, 3.8) is 0 Å². The Kier molecular flexibility index (Phi) is 6.12. The molecule has 1 saturated carbocycles.